The van der Waals surface area contributed by atoms with Gasteiger partial charge in [-0.2, -0.15) is 5.10 Å². The van der Waals surface area contributed by atoms with Crippen molar-refractivity contribution in [1.82, 2.24) is 20.4 Å². The average molecular weight is 371 g/mol. The van der Waals surface area contributed by atoms with E-state index in [2.05, 4.69) is 44.7 Å². The Kier molecular flexibility index (Phi) is 6.57. The first-order chi connectivity index (χ1) is 13.2. The molecule has 3 rings (SSSR count). The summed E-state index contributed by atoms with van der Waals surface area (Å²) in [6.45, 7) is 5.89. The maximum atomic E-state index is 5.50. The number of hydrogen-bond acceptors (Lipinski definition) is 4. The van der Waals surface area contributed by atoms with Gasteiger partial charge in [0.2, 0.25) is 0 Å². The summed E-state index contributed by atoms with van der Waals surface area (Å²) in [5.41, 5.74) is 1.15. The van der Waals surface area contributed by atoms with E-state index in [9.17, 15) is 0 Å². The average Bonchev–Trinajstić information content (AvgIpc) is 3.37. The standard InChI is InChI=1S/C20H30N6O/c1-16(14-26-11-6-10-23-26)13-22-20(21-2)24-17-9-12-25(15-17)18-7-4-5-8-19(18)27-3/h4-8,10-11,16-17H,9,12-15H2,1-3H3,(H2,21,22,24). The number of aliphatic imine (C=N–C) groups is 1. The molecular formula is C20H30N6O. The Morgan fingerprint density at radius 3 is 2.96 bits per heavy atom. The first kappa shape index (κ1) is 19.1. The third-order valence-corrected chi connectivity index (χ3v) is 4.85. The molecule has 0 aliphatic carbocycles. The quantitative estimate of drug-likeness (QED) is 0.576. The van der Waals surface area contributed by atoms with Gasteiger partial charge in [0.25, 0.3) is 0 Å². The number of nitrogens with zero attached hydrogens (tertiary/aromatic N) is 4. The van der Waals surface area contributed by atoms with Crippen molar-refractivity contribution < 1.29 is 4.74 Å². The van der Waals surface area contributed by atoms with Gasteiger partial charge in [0.1, 0.15) is 5.75 Å². The number of guanidine groups is 1. The fourth-order valence-corrected chi connectivity index (χ4v) is 3.44. The minimum Gasteiger partial charge on any atom is -0.495 e. The molecule has 0 spiro atoms. The lowest BCUT2D eigenvalue weighted by Crippen LogP contribution is -2.46. The van der Waals surface area contributed by atoms with Crippen LogP contribution in [0.4, 0.5) is 5.69 Å². The summed E-state index contributed by atoms with van der Waals surface area (Å²) in [7, 11) is 3.54. The van der Waals surface area contributed by atoms with Crippen LogP contribution in [0.2, 0.25) is 0 Å². The number of hydrogen-bond donors (Lipinski definition) is 2. The van der Waals surface area contributed by atoms with Gasteiger partial charge in [-0.15, -0.1) is 0 Å². The second-order valence-electron chi connectivity index (χ2n) is 7.03. The van der Waals surface area contributed by atoms with Gasteiger partial charge < -0.3 is 20.3 Å². The molecule has 2 unspecified atom stereocenters. The van der Waals surface area contributed by atoms with E-state index in [1.807, 2.05) is 42.3 Å². The molecule has 2 aromatic rings. The van der Waals surface area contributed by atoms with E-state index < -0.39 is 0 Å². The molecule has 1 aromatic carbocycles. The highest BCUT2D eigenvalue weighted by atomic mass is 16.5. The maximum absolute atomic E-state index is 5.50. The largest absolute Gasteiger partial charge is 0.495 e. The van der Waals surface area contributed by atoms with Crippen molar-refractivity contribution in [3.8, 4) is 5.75 Å². The molecule has 0 amide bonds. The van der Waals surface area contributed by atoms with Crippen molar-refractivity contribution in [2.24, 2.45) is 10.9 Å². The summed E-state index contributed by atoms with van der Waals surface area (Å²) in [6, 6.07) is 10.5. The molecule has 0 radical (unpaired) electrons. The van der Waals surface area contributed by atoms with Gasteiger partial charge in [0.15, 0.2) is 5.96 Å². The molecule has 2 N–H and O–H groups in total. The number of anilines is 1. The predicted molar refractivity (Wildman–Crippen MR) is 110 cm³/mol. The molecule has 1 aromatic heterocycles. The number of rotatable bonds is 7. The van der Waals surface area contributed by atoms with Crippen LogP contribution in [0.1, 0.15) is 13.3 Å². The fourth-order valence-electron chi connectivity index (χ4n) is 3.44. The lowest BCUT2D eigenvalue weighted by Gasteiger charge is -2.22. The highest BCUT2D eigenvalue weighted by Gasteiger charge is 2.25. The lowest BCUT2D eigenvalue weighted by atomic mass is 10.2. The zero-order chi connectivity index (χ0) is 19.1. The molecule has 0 saturated carbocycles. The molecule has 0 bridgehead atoms. The second kappa shape index (κ2) is 9.30. The van der Waals surface area contributed by atoms with Crippen LogP contribution in [0.25, 0.3) is 0 Å². The summed E-state index contributed by atoms with van der Waals surface area (Å²) in [6.07, 6.45) is 4.88. The molecule has 2 heterocycles. The molecule has 1 aliphatic rings. The number of aromatic nitrogens is 2. The van der Waals surface area contributed by atoms with Crippen LogP contribution in [0, 0.1) is 5.92 Å². The van der Waals surface area contributed by atoms with Crippen LogP contribution in [0.15, 0.2) is 47.7 Å². The third kappa shape index (κ3) is 5.15. The number of para-hydroxylation sites is 2. The first-order valence-corrected chi connectivity index (χ1v) is 9.52. The number of ether oxygens (including phenoxy) is 1. The summed E-state index contributed by atoms with van der Waals surface area (Å²) >= 11 is 0. The third-order valence-electron chi connectivity index (χ3n) is 4.85. The molecule has 146 valence electrons. The smallest absolute Gasteiger partial charge is 0.191 e. The molecule has 1 aliphatic heterocycles. The van der Waals surface area contributed by atoms with Crippen LogP contribution in [-0.4, -0.2) is 55.6 Å². The topological polar surface area (TPSA) is 66.7 Å². The minimum absolute atomic E-state index is 0.363. The Bertz CT molecular complexity index is 730. The van der Waals surface area contributed by atoms with E-state index in [-0.39, 0.29) is 0 Å². The van der Waals surface area contributed by atoms with E-state index in [4.69, 9.17) is 4.74 Å². The number of nitrogens with one attached hydrogen (secondary N) is 2. The van der Waals surface area contributed by atoms with E-state index >= 15 is 0 Å². The van der Waals surface area contributed by atoms with E-state index in [1.165, 1.54) is 0 Å². The zero-order valence-corrected chi connectivity index (χ0v) is 16.4. The van der Waals surface area contributed by atoms with Gasteiger partial charge in [-0.1, -0.05) is 19.1 Å². The molecule has 27 heavy (non-hydrogen) atoms. The maximum Gasteiger partial charge on any atom is 0.191 e. The molecular weight excluding hydrogens is 340 g/mol. The van der Waals surface area contributed by atoms with E-state index in [0.29, 0.717) is 12.0 Å². The monoisotopic (exact) mass is 370 g/mol. The van der Waals surface area contributed by atoms with Crippen molar-refractivity contribution in [1.29, 1.82) is 0 Å². The van der Waals surface area contributed by atoms with Crippen molar-refractivity contribution >= 4 is 11.6 Å². The van der Waals surface area contributed by atoms with E-state index in [1.54, 1.807) is 7.11 Å². The van der Waals surface area contributed by atoms with Crippen molar-refractivity contribution in [2.75, 3.05) is 38.7 Å². The van der Waals surface area contributed by atoms with Crippen LogP contribution in [-0.2, 0) is 6.54 Å². The Balaban J connectivity index is 1.47. The zero-order valence-electron chi connectivity index (χ0n) is 16.4. The molecule has 1 fully saturated rings. The summed E-state index contributed by atoms with van der Waals surface area (Å²) in [5.74, 6) is 2.24. The predicted octanol–water partition coefficient (Wildman–Crippen LogP) is 1.97. The highest BCUT2D eigenvalue weighted by molar-refractivity contribution is 5.80. The molecule has 7 nitrogen and oxygen atoms in total. The Hall–Kier alpha value is -2.70. The summed E-state index contributed by atoms with van der Waals surface area (Å²) in [4.78, 5) is 6.75. The van der Waals surface area contributed by atoms with Gasteiger partial charge in [-0.05, 0) is 30.5 Å². The van der Waals surface area contributed by atoms with Crippen LogP contribution in [0.3, 0.4) is 0 Å². The Labute approximate surface area is 161 Å². The van der Waals surface area contributed by atoms with Gasteiger partial charge in [-0.3, -0.25) is 9.67 Å². The lowest BCUT2D eigenvalue weighted by molar-refractivity contribution is 0.415. The number of methoxy groups -OCH3 is 1. The summed E-state index contributed by atoms with van der Waals surface area (Å²) in [5, 5.41) is 11.3. The van der Waals surface area contributed by atoms with Crippen molar-refractivity contribution in [3.05, 3.63) is 42.7 Å². The molecule has 7 heteroatoms. The summed E-state index contributed by atoms with van der Waals surface area (Å²) < 4.78 is 7.46. The highest BCUT2D eigenvalue weighted by Crippen LogP contribution is 2.30. The molecule has 1 saturated heterocycles. The SMILES string of the molecule is CN=C(NCC(C)Cn1cccn1)NC1CCN(c2ccccc2OC)C1. The second-order valence-corrected chi connectivity index (χ2v) is 7.03. The van der Waals surface area contributed by atoms with Gasteiger partial charge in [0.05, 0.1) is 12.8 Å². The van der Waals surface area contributed by atoms with Gasteiger partial charge in [-0.25, -0.2) is 0 Å². The first-order valence-electron chi connectivity index (χ1n) is 9.52. The van der Waals surface area contributed by atoms with Crippen molar-refractivity contribution in [2.45, 2.75) is 25.9 Å². The van der Waals surface area contributed by atoms with Crippen LogP contribution in [0.5, 0.6) is 5.75 Å². The fraction of sp³-hybridized carbons (Fsp3) is 0.500. The van der Waals surface area contributed by atoms with Crippen molar-refractivity contribution in [3.63, 3.8) is 0 Å². The number of benzene rings is 1. The normalized spacial score (nSPS) is 18.4. The Morgan fingerprint density at radius 2 is 2.22 bits per heavy atom. The minimum atomic E-state index is 0.363. The molecule has 2 atom stereocenters. The van der Waals surface area contributed by atoms with Gasteiger partial charge in [0, 0.05) is 51.7 Å². The van der Waals surface area contributed by atoms with E-state index in [0.717, 1.165) is 50.0 Å². The Morgan fingerprint density at radius 1 is 1.37 bits per heavy atom. The van der Waals surface area contributed by atoms with Crippen LogP contribution < -0.4 is 20.3 Å². The van der Waals surface area contributed by atoms with Crippen LogP contribution >= 0.6 is 0 Å². The van der Waals surface area contributed by atoms with Gasteiger partial charge >= 0.3 is 0 Å².